The van der Waals surface area contributed by atoms with Crippen LogP contribution in [0.3, 0.4) is 0 Å². The van der Waals surface area contributed by atoms with Crippen LogP contribution in [0, 0.1) is 0 Å². The molecule has 1 atom stereocenters. The van der Waals surface area contributed by atoms with Gasteiger partial charge in [-0.05, 0) is 18.6 Å². The predicted octanol–water partition coefficient (Wildman–Crippen LogP) is 2.12. The minimum Gasteiger partial charge on any atom is -0.478 e. The average molecular weight is 302 g/mol. The van der Waals surface area contributed by atoms with E-state index in [0.29, 0.717) is 36.2 Å². The Bertz CT molecular complexity index is 722. The molecule has 1 amide bonds. The molecule has 0 saturated carbocycles. The van der Waals surface area contributed by atoms with Crippen molar-refractivity contribution < 1.29 is 19.4 Å². The third-order valence-electron chi connectivity index (χ3n) is 4.13. The molecule has 1 fully saturated rings. The van der Waals surface area contributed by atoms with Gasteiger partial charge in [0, 0.05) is 23.6 Å². The molecule has 6 nitrogen and oxygen atoms in total. The minimum atomic E-state index is -1.03. The van der Waals surface area contributed by atoms with Crippen LogP contribution in [0.1, 0.15) is 34.1 Å². The number of aromatic amines is 1. The normalized spacial score (nSPS) is 18.6. The van der Waals surface area contributed by atoms with Gasteiger partial charge in [-0.2, -0.15) is 0 Å². The lowest BCUT2D eigenvalue weighted by Gasteiger charge is -2.35. The lowest BCUT2D eigenvalue weighted by molar-refractivity contribution is -0.00269. The second-order valence-electron chi connectivity index (χ2n) is 5.37. The number of nitrogens with zero attached hydrogens (tertiary/aromatic N) is 1. The summed E-state index contributed by atoms with van der Waals surface area (Å²) in [5, 5.41) is 9.83. The van der Waals surface area contributed by atoms with E-state index in [-0.39, 0.29) is 17.5 Å². The zero-order valence-electron chi connectivity index (χ0n) is 12.3. The SMILES string of the molecule is CCC1COCCN1C(=O)c1c[nH]c2cccc(C(=O)O)c12. The van der Waals surface area contributed by atoms with Crippen molar-refractivity contribution in [3.63, 3.8) is 0 Å². The van der Waals surface area contributed by atoms with Gasteiger partial charge in [-0.25, -0.2) is 4.79 Å². The molecule has 1 aliphatic rings. The number of fused-ring (bicyclic) bond motifs is 1. The zero-order chi connectivity index (χ0) is 15.7. The number of amides is 1. The first kappa shape index (κ1) is 14.6. The lowest BCUT2D eigenvalue weighted by Crippen LogP contribution is -2.48. The van der Waals surface area contributed by atoms with E-state index in [9.17, 15) is 14.7 Å². The summed E-state index contributed by atoms with van der Waals surface area (Å²) in [6.07, 6.45) is 2.40. The van der Waals surface area contributed by atoms with Gasteiger partial charge in [0.05, 0.1) is 30.4 Å². The maximum absolute atomic E-state index is 12.9. The molecule has 1 aromatic heterocycles. The number of H-pyrrole nitrogens is 1. The number of hydrogen-bond acceptors (Lipinski definition) is 3. The van der Waals surface area contributed by atoms with Gasteiger partial charge in [-0.3, -0.25) is 4.79 Å². The van der Waals surface area contributed by atoms with E-state index in [2.05, 4.69) is 4.98 Å². The number of benzene rings is 1. The Hall–Kier alpha value is -2.34. The molecule has 0 aliphatic carbocycles. The Morgan fingerprint density at radius 3 is 2.95 bits per heavy atom. The van der Waals surface area contributed by atoms with Crippen molar-refractivity contribution >= 4 is 22.8 Å². The Labute approximate surface area is 127 Å². The molecule has 3 rings (SSSR count). The number of carbonyl (C=O) groups excluding carboxylic acids is 1. The summed E-state index contributed by atoms with van der Waals surface area (Å²) in [5.41, 5.74) is 1.21. The molecule has 2 aromatic rings. The third kappa shape index (κ3) is 2.35. The summed E-state index contributed by atoms with van der Waals surface area (Å²) in [5.74, 6) is -1.18. The van der Waals surface area contributed by atoms with E-state index in [0.717, 1.165) is 6.42 Å². The molecule has 22 heavy (non-hydrogen) atoms. The van der Waals surface area contributed by atoms with Crippen LogP contribution in [-0.4, -0.2) is 52.7 Å². The number of carbonyl (C=O) groups is 2. The average Bonchev–Trinajstić information content (AvgIpc) is 2.97. The van der Waals surface area contributed by atoms with Crippen molar-refractivity contribution in [3.05, 3.63) is 35.5 Å². The number of aromatic nitrogens is 1. The van der Waals surface area contributed by atoms with Gasteiger partial charge in [0.25, 0.3) is 5.91 Å². The topological polar surface area (TPSA) is 82.6 Å². The number of rotatable bonds is 3. The molecule has 1 aliphatic heterocycles. The first-order valence-corrected chi connectivity index (χ1v) is 7.35. The Morgan fingerprint density at radius 1 is 1.41 bits per heavy atom. The fourth-order valence-corrected chi connectivity index (χ4v) is 2.95. The van der Waals surface area contributed by atoms with Gasteiger partial charge in [0.2, 0.25) is 0 Å². The quantitative estimate of drug-likeness (QED) is 0.909. The Balaban J connectivity index is 2.06. The van der Waals surface area contributed by atoms with E-state index in [1.165, 1.54) is 6.07 Å². The number of carboxylic acids is 1. The third-order valence-corrected chi connectivity index (χ3v) is 4.13. The zero-order valence-corrected chi connectivity index (χ0v) is 12.3. The summed E-state index contributed by atoms with van der Waals surface area (Å²) in [7, 11) is 0. The number of carboxylic acid groups (broad SMARTS) is 1. The van der Waals surface area contributed by atoms with Gasteiger partial charge in [-0.15, -0.1) is 0 Å². The highest BCUT2D eigenvalue weighted by Gasteiger charge is 2.29. The summed E-state index contributed by atoms with van der Waals surface area (Å²) >= 11 is 0. The van der Waals surface area contributed by atoms with Crippen molar-refractivity contribution in [2.24, 2.45) is 0 Å². The monoisotopic (exact) mass is 302 g/mol. The van der Waals surface area contributed by atoms with Crippen LogP contribution in [-0.2, 0) is 4.74 Å². The van der Waals surface area contributed by atoms with Gasteiger partial charge < -0.3 is 19.7 Å². The van der Waals surface area contributed by atoms with E-state index < -0.39 is 5.97 Å². The highest BCUT2D eigenvalue weighted by Crippen LogP contribution is 2.25. The van der Waals surface area contributed by atoms with Crippen LogP contribution in [0.25, 0.3) is 10.9 Å². The summed E-state index contributed by atoms with van der Waals surface area (Å²) in [6, 6.07) is 4.99. The van der Waals surface area contributed by atoms with Crippen LogP contribution in [0.15, 0.2) is 24.4 Å². The summed E-state index contributed by atoms with van der Waals surface area (Å²) < 4.78 is 5.42. The maximum atomic E-state index is 12.9. The molecular weight excluding hydrogens is 284 g/mol. The minimum absolute atomic E-state index is 0.0307. The number of hydrogen-bond donors (Lipinski definition) is 2. The van der Waals surface area contributed by atoms with Crippen LogP contribution in [0.4, 0.5) is 0 Å². The van der Waals surface area contributed by atoms with Gasteiger partial charge in [0.1, 0.15) is 0 Å². The van der Waals surface area contributed by atoms with Crippen molar-refractivity contribution in [2.75, 3.05) is 19.8 Å². The number of nitrogens with one attached hydrogen (secondary N) is 1. The fraction of sp³-hybridized carbons (Fsp3) is 0.375. The molecule has 2 heterocycles. The Kier molecular flexibility index (Phi) is 3.85. The van der Waals surface area contributed by atoms with Gasteiger partial charge >= 0.3 is 5.97 Å². The molecule has 1 unspecified atom stereocenters. The second-order valence-corrected chi connectivity index (χ2v) is 5.37. The fourth-order valence-electron chi connectivity index (χ4n) is 2.95. The largest absolute Gasteiger partial charge is 0.478 e. The maximum Gasteiger partial charge on any atom is 0.336 e. The molecule has 1 aromatic carbocycles. The van der Waals surface area contributed by atoms with Crippen LogP contribution in [0.5, 0.6) is 0 Å². The standard InChI is InChI=1S/C16H18N2O4/c1-2-10-9-22-7-6-18(10)15(19)12-8-17-13-5-3-4-11(14(12)13)16(20)21/h3-5,8,10,17H,2,6-7,9H2,1H3,(H,20,21). The number of ether oxygens (including phenoxy) is 1. The predicted molar refractivity (Wildman–Crippen MR) is 81.2 cm³/mol. The second kappa shape index (κ2) is 5.81. The number of aromatic carboxylic acids is 1. The highest BCUT2D eigenvalue weighted by molar-refractivity contribution is 6.14. The molecule has 116 valence electrons. The molecule has 1 saturated heterocycles. The van der Waals surface area contributed by atoms with Crippen molar-refractivity contribution in [2.45, 2.75) is 19.4 Å². The van der Waals surface area contributed by atoms with E-state index >= 15 is 0 Å². The molecule has 0 radical (unpaired) electrons. The van der Waals surface area contributed by atoms with Crippen molar-refractivity contribution in [3.8, 4) is 0 Å². The molecular formula is C16H18N2O4. The van der Waals surface area contributed by atoms with E-state index in [1.807, 2.05) is 6.92 Å². The van der Waals surface area contributed by atoms with Crippen LogP contribution in [0.2, 0.25) is 0 Å². The van der Waals surface area contributed by atoms with E-state index in [4.69, 9.17) is 4.74 Å². The lowest BCUT2D eigenvalue weighted by atomic mass is 10.0. The van der Waals surface area contributed by atoms with Crippen LogP contribution < -0.4 is 0 Å². The van der Waals surface area contributed by atoms with Gasteiger partial charge in [-0.1, -0.05) is 13.0 Å². The summed E-state index contributed by atoms with van der Waals surface area (Å²) in [4.78, 5) is 29.1. The Morgan fingerprint density at radius 2 is 2.23 bits per heavy atom. The van der Waals surface area contributed by atoms with Crippen molar-refractivity contribution in [1.29, 1.82) is 0 Å². The molecule has 0 bridgehead atoms. The molecule has 2 N–H and O–H groups in total. The van der Waals surface area contributed by atoms with E-state index in [1.54, 1.807) is 23.2 Å². The molecule has 0 spiro atoms. The highest BCUT2D eigenvalue weighted by atomic mass is 16.5. The summed E-state index contributed by atoms with van der Waals surface area (Å²) in [6.45, 7) is 3.57. The van der Waals surface area contributed by atoms with Crippen LogP contribution >= 0.6 is 0 Å². The van der Waals surface area contributed by atoms with Crippen molar-refractivity contribution in [1.82, 2.24) is 9.88 Å². The van der Waals surface area contributed by atoms with Gasteiger partial charge in [0.15, 0.2) is 0 Å². The smallest absolute Gasteiger partial charge is 0.336 e. The number of morpholine rings is 1. The first-order valence-electron chi connectivity index (χ1n) is 7.35. The molecule has 6 heteroatoms. The first-order chi connectivity index (χ1) is 10.6.